The Bertz CT molecular complexity index is 925. The molecule has 7 nitrogen and oxygen atoms in total. The summed E-state index contributed by atoms with van der Waals surface area (Å²) in [5.41, 5.74) is 2.65. The molecule has 0 aromatic carbocycles. The molecule has 1 aliphatic heterocycles. The number of aromatic nitrogens is 3. The number of nitrogens with zero attached hydrogens (tertiary/aromatic N) is 5. The maximum atomic E-state index is 12.8. The van der Waals surface area contributed by atoms with Crippen LogP contribution in [0.4, 0.5) is 5.82 Å². The van der Waals surface area contributed by atoms with E-state index in [1.165, 1.54) is 5.56 Å². The summed E-state index contributed by atoms with van der Waals surface area (Å²) in [5.74, 6) is 1.01. The molecule has 140 valence electrons. The van der Waals surface area contributed by atoms with E-state index in [1.807, 2.05) is 43.5 Å². The number of piperazine rings is 1. The van der Waals surface area contributed by atoms with Crippen LogP contribution in [0.1, 0.15) is 15.9 Å². The Morgan fingerprint density at radius 2 is 1.93 bits per heavy atom. The van der Waals surface area contributed by atoms with Crippen molar-refractivity contribution in [2.24, 2.45) is 0 Å². The molecule has 3 aromatic heterocycles. The van der Waals surface area contributed by atoms with Crippen LogP contribution in [0, 0.1) is 0 Å². The highest BCUT2D eigenvalue weighted by Crippen LogP contribution is 2.17. The zero-order valence-corrected chi connectivity index (χ0v) is 15.7. The molecule has 0 bridgehead atoms. The third-order valence-electron chi connectivity index (χ3n) is 4.85. The van der Waals surface area contributed by atoms with Crippen molar-refractivity contribution in [1.82, 2.24) is 24.8 Å². The maximum Gasteiger partial charge on any atom is 0.255 e. The number of hydrogen-bond acceptors (Lipinski definition) is 5. The van der Waals surface area contributed by atoms with E-state index < -0.39 is 0 Å². The first kappa shape index (κ1) is 17.5. The zero-order valence-electron chi connectivity index (χ0n) is 15.7. The van der Waals surface area contributed by atoms with Crippen LogP contribution >= 0.6 is 0 Å². The van der Waals surface area contributed by atoms with Crippen molar-refractivity contribution < 1.29 is 4.79 Å². The van der Waals surface area contributed by atoms with Crippen molar-refractivity contribution in [2.75, 3.05) is 45.2 Å². The van der Waals surface area contributed by atoms with Crippen LogP contribution in [0.25, 0.3) is 11.0 Å². The monoisotopic (exact) mass is 364 g/mol. The number of amides is 1. The van der Waals surface area contributed by atoms with Crippen molar-refractivity contribution in [1.29, 1.82) is 0 Å². The highest BCUT2D eigenvalue weighted by atomic mass is 16.2. The Labute approximate surface area is 158 Å². The molecule has 1 saturated heterocycles. The van der Waals surface area contributed by atoms with Crippen molar-refractivity contribution >= 4 is 22.8 Å². The Kier molecular flexibility index (Phi) is 4.77. The molecule has 27 heavy (non-hydrogen) atoms. The van der Waals surface area contributed by atoms with Gasteiger partial charge >= 0.3 is 0 Å². The second kappa shape index (κ2) is 7.36. The van der Waals surface area contributed by atoms with Gasteiger partial charge in [-0.25, -0.2) is 9.97 Å². The minimum Gasteiger partial charge on any atom is -0.353 e. The minimum absolute atomic E-state index is 0.0412. The Hall–Kier alpha value is -2.93. The van der Waals surface area contributed by atoms with Crippen molar-refractivity contribution in [3.63, 3.8) is 0 Å². The van der Waals surface area contributed by atoms with Crippen LogP contribution in [0.15, 0.2) is 42.9 Å². The van der Waals surface area contributed by atoms with Gasteiger partial charge in [-0.3, -0.25) is 4.79 Å². The van der Waals surface area contributed by atoms with Crippen LogP contribution in [0.3, 0.4) is 0 Å². The Morgan fingerprint density at radius 3 is 2.63 bits per heavy atom. The third-order valence-corrected chi connectivity index (χ3v) is 4.85. The summed E-state index contributed by atoms with van der Waals surface area (Å²) >= 11 is 0. The van der Waals surface area contributed by atoms with Gasteiger partial charge in [-0.05, 0) is 37.9 Å². The van der Waals surface area contributed by atoms with Crippen molar-refractivity contribution in [3.8, 4) is 0 Å². The van der Waals surface area contributed by atoms with E-state index in [4.69, 9.17) is 0 Å². The number of fused-ring (bicyclic) bond motifs is 1. The van der Waals surface area contributed by atoms with Gasteiger partial charge in [0.2, 0.25) is 0 Å². The van der Waals surface area contributed by atoms with Gasteiger partial charge in [-0.2, -0.15) is 0 Å². The van der Waals surface area contributed by atoms with Crippen LogP contribution in [-0.2, 0) is 6.54 Å². The molecule has 1 N–H and O–H groups in total. The van der Waals surface area contributed by atoms with E-state index >= 15 is 0 Å². The summed E-state index contributed by atoms with van der Waals surface area (Å²) in [6.45, 7) is 3.82. The van der Waals surface area contributed by atoms with E-state index in [2.05, 4.69) is 36.9 Å². The third kappa shape index (κ3) is 3.78. The molecule has 0 saturated carbocycles. The molecule has 4 rings (SSSR count). The minimum atomic E-state index is 0.0412. The predicted molar refractivity (Wildman–Crippen MR) is 106 cm³/mol. The molecule has 1 amide bonds. The summed E-state index contributed by atoms with van der Waals surface area (Å²) in [5, 5.41) is 0.960. The number of nitrogens with one attached hydrogen (secondary N) is 1. The highest BCUT2D eigenvalue weighted by Gasteiger charge is 2.23. The van der Waals surface area contributed by atoms with Crippen LogP contribution in [-0.4, -0.2) is 70.9 Å². The van der Waals surface area contributed by atoms with Crippen molar-refractivity contribution in [3.05, 3.63) is 54.0 Å². The van der Waals surface area contributed by atoms with Crippen LogP contribution in [0.2, 0.25) is 0 Å². The fraction of sp³-hybridized carbons (Fsp3) is 0.350. The second-order valence-electron chi connectivity index (χ2n) is 7.18. The first-order valence-corrected chi connectivity index (χ1v) is 9.17. The number of aromatic amines is 1. The lowest BCUT2D eigenvalue weighted by atomic mass is 10.2. The number of anilines is 1. The fourth-order valence-electron chi connectivity index (χ4n) is 3.44. The standard InChI is InChI=1S/C20H24N6O/c1-24(2)14-15-3-4-18(22-12-15)25-7-9-26(10-8-25)20(27)17-11-16-5-6-21-19(16)23-13-17/h3-6,11-13H,7-10,14H2,1-2H3,(H,21,23). The number of H-pyrrole nitrogens is 1. The summed E-state index contributed by atoms with van der Waals surface area (Å²) in [4.78, 5) is 31.0. The topological polar surface area (TPSA) is 68.4 Å². The Balaban J connectivity index is 1.38. The van der Waals surface area contributed by atoms with E-state index in [9.17, 15) is 4.79 Å². The normalized spacial score (nSPS) is 14.9. The molecular weight excluding hydrogens is 340 g/mol. The number of rotatable bonds is 4. The second-order valence-corrected chi connectivity index (χ2v) is 7.18. The van der Waals surface area contributed by atoms with Gasteiger partial charge in [0.05, 0.1) is 5.56 Å². The summed E-state index contributed by atoms with van der Waals surface area (Å²) in [6.07, 6.45) is 5.42. The van der Waals surface area contributed by atoms with Crippen LogP contribution < -0.4 is 4.90 Å². The molecular formula is C20H24N6O. The van der Waals surface area contributed by atoms with Crippen molar-refractivity contribution in [2.45, 2.75) is 6.54 Å². The smallest absolute Gasteiger partial charge is 0.255 e. The lowest BCUT2D eigenvalue weighted by Crippen LogP contribution is -2.49. The fourth-order valence-corrected chi connectivity index (χ4v) is 3.44. The predicted octanol–water partition coefficient (Wildman–Crippen LogP) is 1.98. The molecule has 4 heterocycles. The first-order valence-electron chi connectivity index (χ1n) is 9.17. The lowest BCUT2D eigenvalue weighted by Gasteiger charge is -2.35. The molecule has 0 atom stereocenters. The van der Waals surface area contributed by atoms with Gasteiger partial charge in [-0.15, -0.1) is 0 Å². The van der Waals surface area contributed by atoms with E-state index in [1.54, 1.807) is 6.20 Å². The van der Waals surface area contributed by atoms with Gasteiger partial charge in [0, 0.05) is 56.7 Å². The number of hydrogen-bond donors (Lipinski definition) is 1. The average molecular weight is 364 g/mol. The molecule has 3 aromatic rings. The Morgan fingerprint density at radius 1 is 1.11 bits per heavy atom. The van der Waals surface area contributed by atoms with Gasteiger partial charge in [0.1, 0.15) is 11.5 Å². The maximum absolute atomic E-state index is 12.8. The van der Waals surface area contributed by atoms with E-state index in [0.717, 1.165) is 36.5 Å². The van der Waals surface area contributed by atoms with Crippen LogP contribution in [0.5, 0.6) is 0 Å². The molecule has 7 heteroatoms. The molecule has 1 aliphatic rings. The molecule has 0 radical (unpaired) electrons. The molecule has 1 fully saturated rings. The largest absolute Gasteiger partial charge is 0.353 e. The number of carbonyl (C=O) groups is 1. The lowest BCUT2D eigenvalue weighted by molar-refractivity contribution is 0.0746. The molecule has 0 spiro atoms. The quantitative estimate of drug-likeness (QED) is 0.767. The number of carbonyl (C=O) groups excluding carboxylic acids is 1. The molecule has 0 aliphatic carbocycles. The van der Waals surface area contributed by atoms with E-state index in [-0.39, 0.29) is 5.91 Å². The first-order chi connectivity index (χ1) is 13.1. The number of pyridine rings is 2. The average Bonchev–Trinajstić information content (AvgIpc) is 3.15. The van der Waals surface area contributed by atoms with Gasteiger partial charge in [-0.1, -0.05) is 6.07 Å². The van der Waals surface area contributed by atoms with Gasteiger partial charge in [0.15, 0.2) is 0 Å². The van der Waals surface area contributed by atoms with Gasteiger partial charge in [0.25, 0.3) is 5.91 Å². The van der Waals surface area contributed by atoms with Gasteiger partial charge < -0.3 is 19.7 Å². The summed E-state index contributed by atoms with van der Waals surface area (Å²) in [6, 6.07) is 8.03. The molecule has 0 unspecified atom stereocenters. The highest BCUT2D eigenvalue weighted by molar-refractivity contribution is 5.97. The summed E-state index contributed by atoms with van der Waals surface area (Å²) < 4.78 is 0. The SMILES string of the molecule is CN(C)Cc1ccc(N2CCN(C(=O)c3cnc4[nH]ccc4c3)CC2)nc1. The van der Waals surface area contributed by atoms with E-state index in [0.29, 0.717) is 18.7 Å². The summed E-state index contributed by atoms with van der Waals surface area (Å²) in [7, 11) is 4.10. The zero-order chi connectivity index (χ0) is 18.8.